The molecule has 0 amide bonds. The molecule has 0 fully saturated rings. The van der Waals surface area contributed by atoms with Crippen LogP contribution in [0.1, 0.15) is 36.2 Å². The average molecular weight is 278 g/mol. The summed E-state index contributed by atoms with van der Waals surface area (Å²) in [6.07, 6.45) is 6.17. The fourth-order valence-electron chi connectivity index (χ4n) is 2.19. The normalized spacial score (nSPS) is 12.5. The molecule has 2 nitrogen and oxygen atoms in total. The Labute approximate surface area is 117 Å². The maximum absolute atomic E-state index is 13.2. The molecule has 0 aliphatic heterocycles. The van der Waals surface area contributed by atoms with Gasteiger partial charge in [0.2, 0.25) is 0 Å². The summed E-state index contributed by atoms with van der Waals surface area (Å²) in [4.78, 5) is 5.34. The molecule has 2 rings (SSSR count). The zero-order valence-electron chi connectivity index (χ0n) is 11.1. The number of hydrogen-bond acceptors (Lipinski definition) is 3. The van der Waals surface area contributed by atoms with E-state index >= 15 is 0 Å². The molecule has 0 spiro atoms. The lowest BCUT2D eigenvalue weighted by molar-refractivity contribution is 0.493. The van der Waals surface area contributed by atoms with Crippen molar-refractivity contribution in [3.05, 3.63) is 52.2 Å². The van der Waals surface area contributed by atoms with Crippen molar-refractivity contribution >= 4 is 11.3 Å². The molecule has 2 aromatic rings. The summed E-state index contributed by atoms with van der Waals surface area (Å²) in [6.45, 7) is 2.94. The Morgan fingerprint density at radius 2 is 2.32 bits per heavy atom. The van der Waals surface area contributed by atoms with E-state index in [4.69, 9.17) is 0 Å². The quantitative estimate of drug-likeness (QED) is 0.829. The minimum atomic E-state index is -0.265. The van der Waals surface area contributed by atoms with E-state index in [1.165, 1.54) is 11.1 Å². The second-order valence-electron chi connectivity index (χ2n) is 4.52. The third kappa shape index (κ3) is 4.40. The highest BCUT2D eigenvalue weighted by molar-refractivity contribution is 7.09. The van der Waals surface area contributed by atoms with Gasteiger partial charge in [-0.3, -0.25) is 4.98 Å². The number of aromatic nitrogens is 1. The van der Waals surface area contributed by atoms with Gasteiger partial charge in [-0.05, 0) is 48.9 Å². The molecule has 1 unspecified atom stereocenters. The first-order valence-electron chi connectivity index (χ1n) is 6.66. The van der Waals surface area contributed by atoms with Crippen LogP contribution in [0, 0.1) is 5.82 Å². The maximum Gasteiger partial charge on any atom is 0.141 e. The molecule has 102 valence electrons. The summed E-state index contributed by atoms with van der Waals surface area (Å²) in [5.41, 5.74) is 0.938. The Morgan fingerprint density at radius 1 is 1.42 bits per heavy atom. The number of hydrogen-bond donors (Lipinski definition) is 1. The molecule has 1 N–H and O–H groups in total. The van der Waals surface area contributed by atoms with E-state index < -0.39 is 0 Å². The van der Waals surface area contributed by atoms with E-state index in [1.54, 1.807) is 23.6 Å². The molecule has 0 aliphatic carbocycles. The highest BCUT2D eigenvalue weighted by atomic mass is 32.1. The van der Waals surface area contributed by atoms with Crippen LogP contribution >= 0.6 is 11.3 Å². The van der Waals surface area contributed by atoms with E-state index in [0.717, 1.165) is 31.4 Å². The van der Waals surface area contributed by atoms with Gasteiger partial charge in [-0.15, -0.1) is 11.3 Å². The monoisotopic (exact) mass is 278 g/mol. The van der Waals surface area contributed by atoms with Crippen LogP contribution in [0.15, 0.2) is 36.0 Å². The van der Waals surface area contributed by atoms with E-state index in [9.17, 15) is 4.39 Å². The molecule has 0 aliphatic rings. The van der Waals surface area contributed by atoms with Gasteiger partial charge in [-0.1, -0.05) is 13.0 Å². The predicted octanol–water partition coefficient (Wildman–Crippen LogP) is 3.96. The average Bonchev–Trinajstić information content (AvgIpc) is 2.91. The predicted molar refractivity (Wildman–Crippen MR) is 77.9 cm³/mol. The molecule has 0 aromatic carbocycles. The Balaban J connectivity index is 1.92. The number of halogens is 1. The van der Waals surface area contributed by atoms with Crippen molar-refractivity contribution in [3.8, 4) is 0 Å². The molecule has 19 heavy (non-hydrogen) atoms. The summed E-state index contributed by atoms with van der Waals surface area (Å²) >= 11 is 1.79. The number of aryl methyl sites for hydroxylation is 1. The lowest BCUT2D eigenvalue weighted by Gasteiger charge is -2.17. The van der Waals surface area contributed by atoms with Gasteiger partial charge in [0.15, 0.2) is 0 Å². The first kappa shape index (κ1) is 14.2. The van der Waals surface area contributed by atoms with Gasteiger partial charge in [0.25, 0.3) is 0 Å². The smallest absolute Gasteiger partial charge is 0.141 e. The fourth-order valence-corrected chi connectivity index (χ4v) is 2.94. The van der Waals surface area contributed by atoms with Crippen molar-refractivity contribution in [2.75, 3.05) is 6.54 Å². The van der Waals surface area contributed by atoms with Crippen LogP contribution in [-0.4, -0.2) is 11.5 Å². The topological polar surface area (TPSA) is 24.9 Å². The van der Waals surface area contributed by atoms with Crippen LogP contribution in [0.5, 0.6) is 0 Å². The summed E-state index contributed by atoms with van der Waals surface area (Å²) in [5.74, 6) is -0.265. The molecule has 0 radical (unpaired) electrons. The molecule has 1 atom stereocenters. The van der Waals surface area contributed by atoms with E-state index in [1.807, 2.05) is 0 Å². The van der Waals surface area contributed by atoms with Crippen molar-refractivity contribution in [3.63, 3.8) is 0 Å². The molecule has 0 bridgehead atoms. The van der Waals surface area contributed by atoms with Crippen LogP contribution in [0.25, 0.3) is 0 Å². The van der Waals surface area contributed by atoms with E-state index in [-0.39, 0.29) is 11.9 Å². The Kier molecular flexibility index (Phi) is 5.48. The molecule has 0 saturated heterocycles. The number of nitrogens with one attached hydrogen (secondary N) is 1. The minimum Gasteiger partial charge on any atom is -0.310 e. The SMILES string of the molecule is CCNC(CCCc1cccs1)c1cncc(F)c1. The largest absolute Gasteiger partial charge is 0.310 e. The lowest BCUT2D eigenvalue weighted by atomic mass is 10.0. The van der Waals surface area contributed by atoms with Crippen LogP contribution in [0.3, 0.4) is 0 Å². The molecule has 2 aromatic heterocycles. The summed E-state index contributed by atoms with van der Waals surface area (Å²) < 4.78 is 13.2. The third-order valence-corrected chi connectivity index (χ3v) is 4.01. The first-order valence-corrected chi connectivity index (χ1v) is 7.53. The van der Waals surface area contributed by atoms with Crippen molar-refractivity contribution in [1.29, 1.82) is 0 Å². The second kappa shape index (κ2) is 7.36. The van der Waals surface area contributed by atoms with Crippen LogP contribution in [0.4, 0.5) is 4.39 Å². The second-order valence-corrected chi connectivity index (χ2v) is 5.55. The molecular formula is C15H19FN2S. The van der Waals surface area contributed by atoms with Gasteiger partial charge in [0.1, 0.15) is 5.82 Å². The standard InChI is InChI=1S/C15H19FN2S/c1-2-18-15(12-9-13(16)11-17-10-12)7-3-5-14-6-4-8-19-14/h4,6,8-11,15,18H,2-3,5,7H2,1H3. The fraction of sp³-hybridized carbons (Fsp3) is 0.400. The minimum absolute atomic E-state index is 0.188. The summed E-state index contributed by atoms with van der Waals surface area (Å²) in [6, 6.07) is 6.01. The number of rotatable bonds is 7. The highest BCUT2D eigenvalue weighted by Gasteiger charge is 2.11. The van der Waals surface area contributed by atoms with Gasteiger partial charge in [0.05, 0.1) is 6.20 Å². The Hall–Kier alpha value is -1.26. The zero-order valence-corrected chi connectivity index (χ0v) is 11.9. The molecule has 2 heterocycles. The van der Waals surface area contributed by atoms with Crippen molar-refractivity contribution in [2.45, 2.75) is 32.2 Å². The number of pyridine rings is 1. The third-order valence-electron chi connectivity index (χ3n) is 3.07. The van der Waals surface area contributed by atoms with Gasteiger partial charge in [-0.25, -0.2) is 4.39 Å². The van der Waals surface area contributed by atoms with Crippen molar-refractivity contribution in [1.82, 2.24) is 10.3 Å². The lowest BCUT2D eigenvalue weighted by Crippen LogP contribution is -2.21. The van der Waals surface area contributed by atoms with Crippen molar-refractivity contribution < 1.29 is 4.39 Å². The van der Waals surface area contributed by atoms with Gasteiger partial charge in [0, 0.05) is 17.1 Å². The Morgan fingerprint density at radius 3 is 3.00 bits per heavy atom. The molecule has 4 heteroatoms. The van der Waals surface area contributed by atoms with Crippen LogP contribution in [0.2, 0.25) is 0 Å². The summed E-state index contributed by atoms with van der Waals surface area (Å²) in [7, 11) is 0. The van der Waals surface area contributed by atoms with Crippen LogP contribution < -0.4 is 5.32 Å². The van der Waals surface area contributed by atoms with E-state index in [2.05, 4.69) is 34.7 Å². The Bertz CT molecular complexity index is 485. The van der Waals surface area contributed by atoms with Gasteiger partial charge < -0.3 is 5.32 Å². The van der Waals surface area contributed by atoms with Crippen LogP contribution in [-0.2, 0) is 6.42 Å². The van der Waals surface area contributed by atoms with Crippen molar-refractivity contribution in [2.24, 2.45) is 0 Å². The van der Waals surface area contributed by atoms with E-state index in [0.29, 0.717) is 0 Å². The highest BCUT2D eigenvalue weighted by Crippen LogP contribution is 2.21. The van der Waals surface area contributed by atoms with Gasteiger partial charge in [-0.2, -0.15) is 0 Å². The molecule has 0 saturated carbocycles. The zero-order chi connectivity index (χ0) is 13.5. The molecular weight excluding hydrogens is 259 g/mol. The number of nitrogens with zero attached hydrogens (tertiary/aromatic N) is 1. The number of thiophene rings is 1. The maximum atomic E-state index is 13.2. The first-order chi connectivity index (χ1) is 9.29. The summed E-state index contributed by atoms with van der Waals surface area (Å²) in [5, 5.41) is 5.51. The van der Waals surface area contributed by atoms with Gasteiger partial charge >= 0.3 is 0 Å².